The van der Waals surface area contributed by atoms with Crippen LogP contribution in [0.4, 0.5) is 0 Å². The normalized spacial score (nSPS) is 11.8. The Hall–Kier alpha value is -3.60. The predicted molar refractivity (Wildman–Crippen MR) is 125 cm³/mol. The van der Waals surface area contributed by atoms with E-state index in [-0.39, 0.29) is 0 Å². The highest BCUT2D eigenvalue weighted by Gasteiger charge is 2.54. The maximum absolute atomic E-state index is 12.6. The Morgan fingerprint density at radius 1 is 0.438 bits per heavy atom. The summed E-state index contributed by atoms with van der Waals surface area (Å²) in [5, 5.41) is 25.1. The lowest BCUT2D eigenvalue weighted by molar-refractivity contribution is -0.113. The van der Waals surface area contributed by atoms with Crippen LogP contribution in [0.25, 0.3) is 0 Å². The number of aliphatic hydroxyl groups is 2. The average molecular weight is 427 g/mol. The van der Waals surface area contributed by atoms with Crippen molar-refractivity contribution >= 4 is 0 Å². The van der Waals surface area contributed by atoms with Gasteiger partial charge in [-0.15, -0.1) is 0 Å². The average Bonchev–Trinajstić information content (AvgIpc) is 2.88. The topological polar surface area (TPSA) is 58.9 Å². The Morgan fingerprint density at radius 3 is 1.00 bits per heavy atom. The third-order valence-electron chi connectivity index (χ3n) is 5.92. The first-order chi connectivity index (χ1) is 15.5. The quantitative estimate of drug-likeness (QED) is 0.442. The minimum absolute atomic E-state index is 0.527. The predicted octanol–water partition coefficient (Wildman–Crippen LogP) is 4.88. The van der Waals surface area contributed by atoms with Gasteiger partial charge in [-0.2, -0.15) is 0 Å². The Morgan fingerprint density at radius 2 is 0.719 bits per heavy atom. The largest absolute Gasteiger partial charge is 0.497 e. The van der Waals surface area contributed by atoms with Crippen molar-refractivity contribution in [2.75, 3.05) is 14.2 Å². The van der Waals surface area contributed by atoms with Gasteiger partial charge in [-0.25, -0.2) is 0 Å². The third-order valence-corrected chi connectivity index (χ3v) is 5.92. The highest BCUT2D eigenvalue weighted by molar-refractivity contribution is 5.51. The number of hydrogen-bond donors (Lipinski definition) is 2. The molecular formula is C28H26O4. The van der Waals surface area contributed by atoms with Crippen molar-refractivity contribution in [2.24, 2.45) is 0 Å². The molecule has 4 heteroatoms. The van der Waals surface area contributed by atoms with Gasteiger partial charge in [0, 0.05) is 0 Å². The van der Waals surface area contributed by atoms with Gasteiger partial charge in [0.1, 0.15) is 11.5 Å². The molecule has 4 aromatic rings. The van der Waals surface area contributed by atoms with Crippen molar-refractivity contribution in [3.8, 4) is 11.5 Å². The fourth-order valence-electron chi connectivity index (χ4n) is 4.19. The van der Waals surface area contributed by atoms with E-state index < -0.39 is 11.2 Å². The SMILES string of the molecule is COc1ccc(C(O)(c2ccc(OC)cc2)C(O)(c2ccccc2)c2ccccc2)cc1. The zero-order valence-corrected chi connectivity index (χ0v) is 18.1. The molecule has 4 rings (SSSR count). The van der Waals surface area contributed by atoms with Gasteiger partial charge >= 0.3 is 0 Å². The van der Waals surface area contributed by atoms with Gasteiger partial charge in [-0.1, -0.05) is 84.9 Å². The number of hydrogen-bond acceptors (Lipinski definition) is 4. The van der Waals surface area contributed by atoms with Crippen molar-refractivity contribution in [3.63, 3.8) is 0 Å². The van der Waals surface area contributed by atoms with E-state index in [4.69, 9.17) is 9.47 Å². The number of benzene rings is 4. The molecule has 0 unspecified atom stereocenters. The van der Waals surface area contributed by atoms with Gasteiger partial charge in [0.25, 0.3) is 0 Å². The van der Waals surface area contributed by atoms with Crippen LogP contribution in [-0.2, 0) is 11.2 Å². The van der Waals surface area contributed by atoms with Crippen LogP contribution in [0.5, 0.6) is 11.5 Å². The van der Waals surface area contributed by atoms with Crippen LogP contribution >= 0.6 is 0 Å². The summed E-state index contributed by atoms with van der Waals surface area (Å²) in [6, 6.07) is 32.7. The molecule has 162 valence electrons. The van der Waals surface area contributed by atoms with Crippen LogP contribution in [0, 0.1) is 0 Å². The highest BCUT2D eigenvalue weighted by atomic mass is 16.5. The molecule has 0 saturated carbocycles. The molecule has 0 atom stereocenters. The van der Waals surface area contributed by atoms with Gasteiger partial charge in [0.2, 0.25) is 0 Å². The number of rotatable bonds is 7. The Kier molecular flexibility index (Phi) is 5.99. The summed E-state index contributed by atoms with van der Waals surface area (Å²) in [6.07, 6.45) is 0. The van der Waals surface area contributed by atoms with Crippen molar-refractivity contribution in [2.45, 2.75) is 11.2 Å². The van der Waals surface area contributed by atoms with Gasteiger partial charge < -0.3 is 19.7 Å². The minimum atomic E-state index is -1.83. The van der Waals surface area contributed by atoms with Gasteiger partial charge in [0.05, 0.1) is 14.2 Å². The molecule has 4 nitrogen and oxygen atoms in total. The molecular weight excluding hydrogens is 400 g/mol. The monoisotopic (exact) mass is 426 g/mol. The maximum atomic E-state index is 12.6. The van der Waals surface area contributed by atoms with E-state index >= 15 is 0 Å². The molecule has 0 amide bonds. The summed E-state index contributed by atoms with van der Waals surface area (Å²) < 4.78 is 10.6. The number of ether oxygens (including phenoxy) is 2. The van der Waals surface area contributed by atoms with E-state index in [1.807, 2.05) is 60.7 Å². The van der Waals surface area contributed by atoms with E-state index in [2.05, 4.69) is 0 Å². The third kappa shape index (κ3) is 3.54. The lowest BCUT2D eigenvalue weighted by Crippen LogP contribution is -2.51. The summed E-state index contributed by atoms with van der Waals surface area (Å²) in [7, 11) is 3.18. The summed E-state index contributed by atoms with van der Waals surface area (Å²) in [5.74, 6) is 1.32. The van der Waals surface area contributed by atoms with Crippen LogP contribution < -0.4 is 9.47 Å². The molecule has 0 fully saturated rings. The van der Waals surface area contributed by atoms with Crippen molar-refractivity contribution < 1.29 is 19.7 Å². The van der Waals surface area contributed by atoms with E-state index in [0.29, 0.717) is 33.8 Å². The smallest absolute Gasteiger partial charge is 0.152 e. The molecule has 0 spiro atoms. The van der Waals surface area contributed by atoms with Crippen LogP contribution in [-0.4, -0.2) is 24.4 Å². The second-order valence-corrected chi connectivity index (χ2v) is 7.61. The summed E-state index contributed by atoms with van der Waals surface area (Å²) in [5.41, 5.74) is -1.43. The standard InChI is InChI=1S/C28H26O4/c1-31-25-17-13-23(14-18-25)28(30,24-15-19-26(32-2)20-16-24)27(29,21-9-5-3-6-10-21)22-11-7-4-8-12-22/h3-20,29-30H,1-2H3. The molecule has 0 aliphatic rings. The molecule has 32 heavy (non-hydrogen) atoms. The summed E-state index contributed by atoms with van der Waals surface area (Å²) in [4.78, 5) is 0. The van der Waals surface area contributed by atoms with Gasteiger partial charge in [0.15, 0.2) is 11.2 Å². The molecule has 4 aromatic carbocycles. The van der Waals surface area contributed by atoms with Crippen molar-refractivity contribution in [1.29, 1.82) is 0 Å². The van der Waals surface area contributed by atoms with E-state index in [1.165, 1.54) is 0 Å². The van der Waals surface area contributed by atoms with E-state index in [9.17, 15) is 10.2 Å². The maximum Gasteiger partial charge on any atom is 0.152 e. The van der Waals surface area contributed by atoms with Crippen LogP contribution in [0.1, 0.15) is 22.3 Å². The van der Waals surface area contributed by atoms with Crippen LogP contribution in [0.3, 0.4) is 0 Å². The molecule has 0 aromatic heterocycles. The molecule has 0 aliphatic heterocycles. The lowest BCUT2D eigenvalue weighted by atomic mass is 9.66. The Bertz CT molecular complexity index is 1050. The van der Waals surface area contributed by atoms with E-state index in [0.717, 1.165) is 0 Å². The Balaban J connectivity index is 2.05. The van der Waals surface area contributed by atoms with Crippen LogP contribution in [0.15, 0.2) is 109 Å². The molecule has 0 radical (unpaired) electrons. The zero-order chi connectivity index (χ0) is 22.6. The molecule has 0 heterocycles. The van der Waals surface area contributed by atoms with Gasteiger partial charge in [-0.3, -0.25) is 0 Å². The Labute approximate surface area is 188 Å². The minimum Gasteiger partial charge on any atom is -0.497 e. The van der Waals surface area contributed by atoms with Crippen molar-refractivity contribution in [1.82, 2.24) is 0 Å². The fraction of sp³-hybridized carbons (Fsp3) is 0.143. The van der Waals surface area contributed by atoms with E-state index in [1.54, 1.807) is 62.8 Å². The highest BCUT2D eigenvalue weighted by Crippen LogP contribution is 2.50. The molecule has 2 N–H and O–H groups in total. The zero-order valence-electron chi connectivity index (χ0n) is 18.1. The fourth-order valence-corrected chi connectivity index (χ4v) is 4.19. The first kappa shape index (κ1) is 21.6. The van der Waals surface area contributed by atoms with Gasteiger partial charge in [-0.05, 0) is 46.5 Å². The first-order valence-corrected chi connectivity index (χ1v) is 10.4. The molecule has 0 saturated heterocycles. The second kappa shape index (κ2) is 8.87. The van der Waals surface area contributed by atoms with Crippen LogP contribution in [0.2, 0.25) is 0 Å². The summed E-state index contributed by atoms with van der Waals surface area (Å²) >= 11 is 0. The molecule has 0 bridgehead atoms. The summed E-state index contributed by atoms with van der Waals surface area (Å²) in [6.45, 7) is 0. The van der Waals surface area contributed by atoms with Crippen molar-refractivity contribution in [3.05, 3.63) is 131 Å². The first-order valence-electron chi connectivity index (χ1n) is 10.4. The second-order valence-electron chi connectivity index (χ2n) is 7.61. The molecule has 0 aliphatic carbocycles. The number of methoxy groups -OCH3 is 2. The lowest BCUT2D eigenvalue weighted by Gasteiger charge is -2.45.